The van der Waals surface area contributed by atoms with Crippen molar-refractivity contribution in [2.45, 2.75) is 31.7 Å². The van der Waals surface area contributed by atoms with E-state index < -0.39 is 0 Å². The van der Waals surface area contributed by atoms with Crippen LogP contribution in [0.2, 0.25) is 0 Å². The van der Waals surface area contributed by atoms with Gasteiger partial charge in [0.05, 0.1) is 6.42 Å². The van der Waals surface area contributed by atoms with E-state index in [9.17, 15) is 4.79 Å². The maximum absolute atomic E-state index is 12.0. The smallest absolute Gasteiger partial charge is 0.224 e. The molecule has 1 aliphatic rings. The van der Waals surface area contributed by atoms with E-state index in [-0.39, 0.29) is 5.91 Å². The van der Waals surface area contributed by atoms with Crippen molar-refractivity contribution in [2.24, 2.45) is 0 Å². The number of rotatable bonds is 4. The van der Waals surface area contributed by atoms with Gasteiger partial charge in [-0.05, 0) is 30.4 Å². The van der Waals surface area contributed by atoms with Crippen LogP contribution in [-0.2, 0) is 11.2 Å². The molecule has 2 aromatic rings. The first-order valence-corrected chi connectivity index (χ1v) is 7.48. The van der Waals surface area contributed by atoms with Gasteiger partial charge in [-0.3, -0.25) is 4.79 Å². The summed E-state index contributed by atoms with van der Waals surface area (Å²) in [5.41, 5.74) is 2.31. The van der Waals surface area contributed by atoms with Crippen LogP contribution < -0.4 is 5.32 Å². The molecule has 2 atom stereocenters. The van der Waals surface area contributed by atoms with Crippen LogP contribution in [-0.4, -0.2) is 11.9 Å². The summed E-state index contributed by atoms with van der Waals surface area (Å²) in [5.74, 6) is 0.676. The van der Waals surface area contributed by atoms with Crippen molar-refractivity contribution in [3.8, 4) is 0 Å². The van der Waals surface area contributed by atoms with Gasteiger partial charge in [-0.25, -0.2) is 0 Å². The van der Waals surface area contributed by atoms with Gasteiger partial charge < -0.3 is 5.32 Å². The Labute approximate surface area is 117 Å². The predicted octanol–water partition coefficient (Wildman–Crippen LogP) is 3.27. The van der Waals surface area contributed by atoms with Crippen LogP contribution in [0.3, 0.4) is 0 Å². The molecule has 3 rings (SSSR count). The van der Waals surface area contributed by atoms with Crippen LogP contribution in [0.15, 0.2) is 41.8 Å². The maximum Gasteiger partial charge on any atom is 0.224 e. The molecule has 0 radical (unpaired) electrons. The first-order chi connectivity index (χ1) is 9.22. The van der Waals surface area contributed by atoms with Crippen LogP contribution >= 0.6 is 11.3 Å². The molecule has 0 aliphatic heterocycles. The zero-order chi connectivity index (χ0) is 13.2. The van der Waals surface area contributed by atoms with Crippen molar-refractivity contribution in [3.63, 3.8) is 0 Å². The standard InChI is InChI=1S/C16H17NOS/c1-11-4-6-12(7-5-11)9-16(18)17-14-10-13(14)15-3-2-8-19-15/h2-8,13-14H,9-10H2,1H3,(H,17,18). The topological polar surface area (TPSA) is 29.1 Å². The third kappa shape index (κ3) is 3.04. The monoisotopic (exact) mass is 271 g/mol. The molecule has 2 nitrogen and oxygen atoms in total. The lowest BCUT2D eigenvalue weighted by atomic mass is 10.1. The van der Waals surface area contributed by atoms with Crippen LogP contribution in [0.1, 0.15) is 28.3 Å². The average Bonchev–Trinajstić information content (AvgIpc) is 2.93. The fraction of sp³-hybridized carbons (Fsp3) is 0.312. The number of amides is 1. The van der Waals surface area contributed by atoms with Crippen LogP contribution in [0.25, 0.3) is 0 Å². The third-order valence-electron chi connectivity index (χ3n) is 3.53. The molecule has 0 saturated heterocycles. The minimum atomic E-state index is 0.132. The van der Waals surface area contributed by atoms with E-state index >= 15 is 0 Å². The Hall–Kier alpha value is -1.61. The summed E-state index contributed by atoms with van der Waals surface area (Å²) in [6.45, 7) is 2.06. The molecule has 1 aromatic heterocycles. The number of hydrogen-bond donors (Lipinski definition) is 1. The molecular formula is C16H17NOS. The molecule has 1 aromatic carbocycles. The summed E-state index contributed by atoms with van der Waals surface area (Å²) in [6, 6.07) is 12.7. The predicted molar refractivity (Wildman–Crippen MR) is 78.5 cm³/mol. The zero-order valence-electron chi connectivity index (χ0n) is 10.9. The van der Waals surface area contributed by atoms with Gasteiger partial charge in [0.2, 0.25) is 5.91 Å². The van der Waals surface area contributed by atoms with Crippen molar-refractivity contribution in [1.29, 1.82) is 0 Å². The van der Waals surface area contributed by atoms with Crippen LogP contribution in [0.5, 0.6) is 0 Å². The minimum absolute atomic E-state index is 0.132. The van der Waals surface area contributed by atoms with Gasteiger partial charge in [0.25, 0.3) is 0 Å². The SMILES string of the molecule is Cc1ccc(CC(=O)NC2CC2c2cccs2)cc1. The lowest BCUT2D eigenvalue weighted by Crippen LogP contribution is -2.28. The van der Waals surface area contributed by atoms with Gasteiger partial charge in [0.1, 0.15) is 0 Å². The number of carbonyl (C=O) groups is 1. The highest BCUT2D eigenvalue weighted by molar-refractivity contribution is 7.10. The Morgan fingerprint density at radius 3 is 2.79 bits per heavy atom. The first-order valence-electron chi connectivity index (χ1n) is 6.60. The van der Waals surface area contributed by atoms with Gasteiger partial charge in [0, 0.05) is 16.8 Å². The molecule has 19 heavy (non-hydrogen) atoms. The van der Waals surface area contributed by atoms with E-state index in [1.807, 2.05) is 24.3 Å². The molecule has 1 N–H and O–H groups in total. The van der Waals surface area contributed by atoms with Gasteiger partial charge in [0.15, 0.2) is 0 Å². The molecule has 0 bridgehead atoms. The van der Waals surface area contributed by atoms with Crippen molar-refractivity contribution in [2.75, 3.05) is 0 Å². The second-order valence-electron chi connectivity index (χ2n) is 5.19. The maximum atomic E-state index is 12.0. The zero-order valence-corrected chi connectivity index (χ0v) is 11.7. The second-order valence-corrected chi connectivity index (χ2v) is 6.17. The molecule has 0 spiro atoms. The minimum Gasteiger partial charge on any atom is -0.352 e. The number of aryl methyl sites for hydroxylation is 1. The Morgan fingerprint density at radius 2 is 2.11 bits per heavy atom. The largest absolute Gasteiger partial charge is 0.352 e. The van der Waals surface area contributed by atoms with E-state index in [0.717, 1.165) is 12.0 Å². The number of hydrogen-bond acceptors (Lipinski definition) is 2. The third-order valence-corrected chi connectivity index (χ3v) is 4.53. The Bertz CT molecular complexity index is 559. The lowest BCUT2D eigenvalue weighted by Gasteiger charge is -2.04. The molecule has 1 fully saturated rings. The fourth-order valence-electron chi connectivity index (χ4n) is 2.32. The molecule has 3 heteroatoms. The molecule has 1 saturated carbocycles. The summed E-state index contributed by atoms with van der Waals surface area (Å²) in [7, 11) is 0. The molecule has 1 aliphatic carbocycles. The summed E-state index contributed by atoms with van der Waals surface area (Å²) in [5, 5.41) is 5.22. The first kappa shape index (κ1) is 12.4. The normalized spacial score (nSPS) is 21.1. The fourth-order valence-corrected chi connectivity index (χ4v) is 3.23. The highest BCUT2D eigenvalue weighted by Crippen LogP contribution is 2.42. The van der Waals surface area contributed by atoms with Crippen molar-refractivity contribution in [3.05, 3.63) is 57.8 Å². The molecular weight excluding hydrogens is 254 g/mol. The highest BCUT2D eigenvalue weighted by Gasteiger charge is 2.39. The molecule has 2 unspecified atom stereocenters. The summed E-state index contributed by atoms with van der Waals surface area (Å²) in [6.07, 6.45) is 1.56. The van der Waals surface area contributed by atoms with Gasteiger partial charge in [-0.15, -0.1) is 11.3 Å². The van der Waals surface area contributed by atoms with Crippen molar-refractivity contribution < 1.29 is 4.79 Å². The number of thiophene rings is 1. The Balaban J connectivity index is 1.51. The van der Waals surface area contributed by atoms with E-state index in [1.54, 1.807) is 11.3 Å². The van der Waals surface area contributed by atoms with Crippen molar-refractivity contribution >= 4 is 17.2 Å². The number of nitrogens with one attached hydrogen (secondary N) is 1. The van der Waals surface area contributed by atoms with Crippen molar-refractivity contribution in [1.82, 2.24) is 5.32 Å². The van der Waals surface area contributed by atoms with Gasteiger partial charge in [-0.1, -0.05) is 35.9 Å². The molecule has 1 amide bonds. The van der Waals surface area contributed by atoms with E-state index in [1.165, 1.54) is 10.4 Å². The van der Waals surface area contributed by atoms with Crippen LogP contribution in [0, 0.1) is 6.92 Å². The quantitative estimate of drug-likeness (QED) is 0.908. The molecule has 1 heterocycles. The summed E-state index contributed by atoms with van der Waals surface area (Å²) >= 11 is 1.78. The van der Waals surface area contributed by atoms with Gasteiger partial charge in [-0.2, -0.15) is 0 Å². The number of carbonyl (C=O) groups excluding carboxylic acids is 1. The highest BCUT2D eigenvalue weighted by atomic mass is 32.1. The van der Waals surface area contributed by atoms with Gasteiger partial charge >= 0.3 is 0 Å². The number of benzene rings is 1. The second kappa shape index (κ2) is 5.17. The summed E-state index contributed by atoms with van der Waals surface area (Å²) in [4.78, 5) is 13.3. The lowest BCUT2D eigenvalue weighted by molar-refractivity contribution is -0.120. The van der Waals surface area contributed by atoms with E-state index in [4.69, 9.17) is 0 Å². The summed E-state index contributed by atoms with van der Waals surface area (Å²) < 4.78 is 0. The van der Waals surface area contributed by atoms with E-state index in [0.29, 0.717) is 18.4 Å². The Morgan fingerprint density at radius 1 is 1.32 bits per heavy atom. The Kier molecular flexibility index (Phi) is 3.38. The molecule has 98 valence electrons. The van der Waals surface area contributed by atoms with E-state index in [2.05, 4.69) is 29.8 Å². The average molecular weight is 271 g/mol. The van der Waals surface area contributed by atoms with Crippen LogP contribution in [0.4, 0.5) is 0 Å².